The Morgan fingerprint density at radius 1 is 1.46 bits per heavy atom. The molecule has 0 fully saturated rings. The number of benzene rings is 1. The van der Waals surface area contributed by atoms with Gasteiger partial charge in [0.15, 0.2) is 7.28 Å². The summed E-state index contributed by atoms with van der Waals surface area (Å²) >= 11 is 0. The smallest absolute Gasteiger partial charge is 0.155 e. The van der Waals surface area contributed by atoms with Crippen molar-refractivity contribution in [2.24, 2.45) is 0 Å². The Labute approximate surface area is 80.4 Å². The maximum absolute atomic E-state index is 12.9. The predicted octanol–water partition coefficient (Wildman–Crippen LogP) is 2.68. The molecule has 0 saturated carbocycles. The van der Waals surface area contributed by atoms with Gasteiger partial charge in [-0.1, -0.05) is 43.2 Å². The lowest BCUT2D eigenvalue weighted by Gasteiger charge is -2.09. The van der Waals surface area contributed by atoms with Gasteiger partial charge in [-0.25, -0.2) is 4.39 Å². The average Bonchev–Trinajstić information content (AvgIpc) is 2.11. The van der Waals surface area contributed by atoms with Gasteiger partial charge in [0.05, 0.1) is 0 Å². The summed E-state index contributed by atoms with van der Waals surface area (Å²) in [6.07, 6.45) is 1.09. The van der Waals surface area contributed by atoms with Crippen molar-refractivity contribution in [2.45, 2.75) is 33.0 Å². The van der Waals surface area contributed by atoms with Gasteiger partial charge < -0.3 is 0 Å². The highest BCUT2D eigenvalue weighted by atomic mass is 19.1. The van der Waals surface area contributed by atoms with Gasteiger partial charge in [0.25, 0.3) is 0 Å². The van der Waals surface area contributed by atoms with Crippen LogP contribution in [0.1, 0.15) is 25.8 Å². The summed E-state index contributed by atoms with van der Waals surface area (Å²) in [7, 11) is 2.12. The van der Waals surface area contributed by atoms with Gasteiger partial charge in [0.1, 0.15) is 5.82 Å². The Balaban J connectivity index is 2.81. The second-order valence-corrected chi connectivity index (χ2v) is 3.55. The van der Waals surface area contributed by atoms with Crippen molar-refractivity contribution in [2.75, 3.05) is 0 Å². The molecule has 0 N–H and O–H groups in total. The van der Waals surface area contributed by atoms with E-state index in [0.717, 1.165) is 17.4 Å². The second-order valence-electron chi connectivity index (χ2n) is 3.55. The molecule has 1 atom stereocenters. The lowest BCUT2D eigenvalue weighted by molar-refractivity contribution is 0.628. The van der Waals surface area contributed by atoms with Crippen molar-refractivity contribution in [3.05, 3.63) is 29.6 Å². The topological polar surface area (TPSA) is 0 Å². The molecule has 0 spiro atoms. The molecular weight excluding hydrogens is 162 g/mol. The van der Waals surface area contributed by atoms with E-state index in [1.54, 1.807) is 6.07 Å². The molecule has 0 amide bonds. The van der Waals surface area contributed by atoms with Gasteiger partial charge in [-0.3, -0.25) is 0 Å². The Hall–Kier alpha value is -0.785. The Bertz CT molecular complexity index is 283. The standard InChI is InChI=1S/C11H15BF/c1-4-9(3)12-11-7-10(13)6-5-8(11)2/h5-7,9H,4H2,1-3H3. The van der Waals surface area contributed by atoms with Gasteiger partial charge in [-0.05, 0) is 19.1 Å². The van der Waals surface area contributed by atoms with E-state index < -0.39 is 0 Å². The molecule has 2 heteroatoms. The fraction of sp³-hybridized carbons (Fsp3) is 0.455. The summed E-state index contributed by atoms with van der Waals surface area (Å²) < 4.78 is 12.9. The molecule has 0 aliphatic rings. The minimum Gasteiger partial charge on any atom is -0.207 e. The van der Waals surface area contributed by atoms with Crippen LogP contribution in [0.2, 0.25) is 5.82 Å². The first-order valence-electron chi connectivity index (χ1n) is 4.74. The number of rotatable bonds is 3. The van der Waals surface area contributed by atoms with Gasteiger partial charge in [0, 0.05) is 0 Å². The lowest BCUT2D eigenvalue weighted by atomic mass is 9.58. The van der Waals surface area contributed by atoms with Crippen LogP contribution in [0.25, 0.3) is 0 Å². The lowest BCUT2D eigenvalue weighted by Crippen LogP contribution is -2.21. The average molecular weight is 177 g/mol. The third-order valence-corrected chi connectivity index (χ3v) is 2.35. The highest BCUT2D eigenvalue weighted by Crippen LogP contribution is 2.07. The molecule has 0 nitrogen and oxygen atoms in total. The van der Waals surface area contributed by atoms with Crippen LogP contribution in [-0.2, 0) is 0 Å². The van der Waals surface area contributed by atoms with Crippen molar-refractivity contribution in [1.82, 2.24) is 0 Å². The van der Waals surface area contributed by atoms with E-state index >= 15 is 0 Å². The van der Waals surface area contributed by atoms with E-state index in [1.165, 1.54) is 6.07 Å². The molecule has 13 heavy (non-hydrogen) atoms. The van der Waals surface area contributed by atoms with Crippen LogP contribution in [0.4, 0.5) is 4.39 Å². The van der Waals surface area contributed by atoms with Crippen molar-refractivity contribution < 1.29 is 4.39 Å². The molecule has 0 bridgehead atoms. The largest absolute Gasteiger partial charge is 0.207 e. The second kappa shape index (κ2) is 4.45. The first-order valence-corrected chi connectivity index (χ1v) is 4.74. The molecule has 1 unspecified atom stereocenters. The highest BCUT2D eigenvalue weighted by molar-refractivity contribution is 6.55. The fourth-order valence-corrected chi connectivity index (χ4v) is 1.22. The zero-order chi connectivity index (χ0) is 9.84. The highest BCUT2D eigenvalue weighted by Gasteiger charge is 2.06. The molecule has 1 radical (unpaired) electrons. The van der Waals surface area contributed by atoms with Crippen LogP contribution < -0.4 is 5.46 Å². The van der Waals surface area contributed by atoms with E-state index in [9.17, 15) is 4.39 Å². The maximum Gasteiger partial charge on any atom is 0.155 e. The molecular formula is C11H15BF. The normalized spacial score (nSPS) is 12.6. The van der Waals surface area contributed by atoms with E-state index in [0.29, 0.717) is 5.82 Å². The molecule has 69 valence electrons. The molecule has 0 aliphatic carbocycles. The molecule has 0 heterocycles. The zero-order valence-corrected chi connectivity index (χ0v) is 8.47. The summed E-state index contributed by atoms with van der Waals surface area (Å²) in [6.45, 7) is 6.29. The minimum absolute atomic E-state index is 0.153. The third-order valence-electron chi connectivity index (χ3n) is 2.35. The van der Waals surface area contributed by atoms with Crippen molar-refractivity contribution in [3.63, 3.8) is 0 Å². The Morgan fingerprint density at radius 3 is 2.77 bits per heavy atom. The van der Waals surface area contributed by atoms with Crippen LogP contribution in [-0.4, -0.2) is 7.28 Å². The molecule has 0 aromatic heterocycles. The zero-order valence-electron chi connectivity index (χ0n) is 8.47. The van der Waals surface area contributed by atoms with E-state index in [1.807, 2.05) is 13.0 Å². The van der Waals surface area contributed by atoms with E-state index in [4.69, 9.17) is 0 Å². The van der Waals surface area contributed by atoms with Gasteiger partial charge in [-0.15, -0.1) is 0 Å². The molecule has 0 aliphatic heterocycles. The third kappa shape index (κ3) is 2.87. The summed E-state index contributed by atoms with van der Waals surface area (Å²) in [5, 5.41) is 0. The van der Waals surface area contributed by atoms with Crippen LogP contribution in [0.3, 0.4) is 0 Å². The Kier molecular flexibility index (Phi) is 3.53. The van der Waals surface area contributed by atoms with Gasteiger partial charge in [0.2, 0.25) is 0 Å². The summed E-state index contributed by atoms with van der Waals surface area (Å²) in [5.41, 5.74) is 2.16. The summed E-state index contributed by atoms with van der Waals surface area (Å²) in [4.78, 5) is 0. The van der Waals surface area contributed by atoms with Crippen LogP contribution in [0, 0.1) is 12.7 Å². The van der Waals surface area contributed by atoms with Gasteiger partial charge >= 0.3 is 0 Å². The number of halogens is 1. The molecule has 1 aromatic rings. The molecule has 1 rings (SSSR count). The van der Waals surface area contributed by atoms with Crippen LogP contribution >= 0.6 is 0 Å². The monoisotopic (exact) mass is 177 g/mol. The van der Waals surface area contributed by atoms with Crippen molar-refractivity contribution in [3.8, 4) is 0 Å². The quantitative estimate of drug-likeness (QED) is 0.622. The SMILES string of the molecule is CCC(C)[B]c1cc(F)ccc1C. The number of hydrogen-bond donors (Lipinski definition) is 0. The van der Waals surface area contributed by atoms with Gasteiger partial charge in [-0.2, -0.15) is 0 Å². The van der Waals surface area contributed by atoms with E-state index in [-0.39, 0.29) is 5.82 Å². The van der Waals surface area contributed by atoms with Crippen LogP contribution in [0.5, 0.6) is 0 Å². The number of aryl methyl sites for hydroxylation is 1. The Morgan fingerprint density at radius 2 is 2.15 bits per heavy atom. The first kappa shape index (κ1) is 10.3. The summed E-state index contributed by atoms with van der Waals surface area (Å²) in [5.74, 6) is 0.362. The molecule has 1 aromatic carbocycles. The fourth-order valence-electron chi connectivity index (χ4n) is 1.22. The molecule has 0 saturated heterocycles. The summed E-state index contributed by atoms with van der Waals surface area (Å²) in [6, 6.07) is 4.92. The first-order chi connectivity index (χ1) is 6.13. The van der Waals surface area contributed by atoms with E-state index in [2.05, 4.69) is 21.1 Å². The predicted molar refractivity (Wildman–Crippen MR) is 56.2 cm³/mol. The van der Waals surface area contributed by atoms with Crippen molar-refractivity contribution >= 4 is 12.7 Å². The minimum atomic E-state index is -0.153. The maximum atomic E-state index is 12.9. The van der Waals surface area contributed by atoms with Crippen LogP contribution in [0.15, 0.2) is 18.2 Å². The van der Waals surface area contributed by atoms with Crippen molar-refractivity contribution in [1.29, 1.82) is 0 Å². The number of hydrogen-bond acceptors (Lipinski definition) is 0.